The van der Waals surface area contributed by atoms with Gasteiger partial charge < -0.3 is 15.2 Å². The predicted molar refractivity (Wildman–Crippen MR) is 73.4 cm³/mol. The molecule has 0 saturated carbocycles. The summed E-state index contributed by atoms with van der Waals surface area (Å²) in [6.45, 7) is -0.829. The van der Waals surface area contributed by atoms with Gasteiger partial charge in [0.05, 0.1) is 18.6 Å². The summed E-state index contributed by atoms with van der Waals surface area (Å²) in [4.78, 5) is 24.0. The fraction of sp³-hybridized carbons (Fsp3) is 0.538. The van der Waals surface area contributed by atoms with Crippen molar-refractivity contribution < 1.29 is 28.2 Å². The van der Waals surface area contributed by atoms with Crippen molar-refractivity contribution in [1.82, 2.24) is 0 Å². The number of carbonyl (C=O) groups excluding carboxylic acids is 1. The molecule has 1 amide bonds. The van der Waals surface area contributed by atoms with Crippen molar-refractivity contribution in [3.8, 4) is 0 Å². The van der Waals surface area contributed by atoms with Crippen molar-refractivity contribution in [3.05, 3.63) is 16.0 Å². The Morgan fingerprint density at radius 1 is 1.38 bits per heavy atom. The summed E-state index contributed by atoms with van der Waals surface area (Å²) in [5, 5.41) is 12.1. The Morgan fingerprint density at radius 3 is 2.81 bits per heavy atom. The summed E-state index contributed by atoms with van der Waals surface area (Å²) in [7, 11) is 0. The first kappa shape index (κ1) is 15.8. The molecule has 1 aliphatic rings. The van der Waals surface area contributed by atoms with Crippen LogP contribution in [0.5, 0.6) is 0 Å². The van der Waals surface area contributed by atoms with Gasteiger partial charge in [0.2, 0.25) is 5.91 Å². The van der Waals surface area contributed by atoms with Crippen LogP contribution < -0.4 is 5.32 Å². The summed E-state index contributed by atoms with van der Waals surface area (Å²) in [6, 6.07) is 0. The number of alkyl halides is 2. The number of aromatic carboxylic acids is 1. The zero-order valence-electron chi connectivity index (χ0n) is 11.2. The highest BCUT2D eigenvalue weighted by Gasteiger charge is 2.27. The van der Waals surface area contributed by atoms with Crippen LogP contribution in [-0.2, 0) is 22.4 Å². The van der Waals surface area contributed by atoms with Crippen molar-refractivity contribution in [2.24, 2.45) is 0 Å². The van der Waals surface area contributed by atoms with Crippen LogP contribution in [0.3, 0.4) is 0 Å². The number of hydrogen-bond acceptors (Lipinski definition) is 4. The molecule has 1 aromatic heterocycles. The molecule has 8 heteroatoms. The number of thiophene rings is 1. The average molecular weight is 319 g/mol. The van der Waals surface area contributed by atoms with Crippen LogP contribution in [0.1, 0.15) is 33.6 Å². The second kappa shape index (κ2) is 6.95. The zero-order valence-corrected chi connectivity index (χ0v) is 12.0. The largest absolute Gasteiger partial charge is 0.478 e. The van der Waals surface area contributed by atoms with E-state index in [1.54, 1.807) is 0 Å². The highest BCUT2D eigenvalue weighted by Crippen LogP contribution is 2.39. The predicted octanol–water partition coefficient (Wildman–Crippen LogP) is 2.55. The summed E-state index contributed by atoms with van der Waals surface area (Å²) >= 11 is 1.28. The molecule has 0 spiro atoms. The second-order valence-corrected chi connectivity index (χ2v) is 5.74. The molecule has 0 fully saturated rings. The van der Waals surface area contributed by atoms with Gasteiger partial charge >= 0.3 is 5.97 Å². The second-order valence-electron chi connectivity index (χ2n) is 4.63. The number of halogens is 2. The van der Waals surface area contributed by atoms with Crippen molar-refractivity contribution in [3.63, 3.8) is 0 Å². The summed E-state index contributed by atoms with van der Waals surface area (Å²) in [5.41, 5.74) is 0.964. The molecule has 0 unspecified atom stereocenters. The molecule has 0 aromatic carbocycles. The summed E-state index contributed by atoms with van der Waals surface area (Å²) in [5.74, 6) is -1.50. The quantitative estimate of drug-likeness (QED) is 0.757. The number of fused-ring (bicyclic) bond motifs is 1. The van der Waals surface area contributed by atoms with Crippen LogP contribution in [0.25, 0.3) is 0 Å². The van der Waals surface area contributed by atoms with Gasteiger partial charge in [-0.2, -0.15) is 0 Å². The SMILES string of the molecule is O=C(CCOCC(F)F)Nc1sc2c(c1C(=O)O)CCC2. The minimum atomic E-state index is -2.56. The third-order valence-electron chi connectivity index (χ3n) is 3.11. The van der Waals surface area contributed by atoms with Crippen LogP contribution in [0, 0.1) is 0 Å². The maximum absolute atomic E-state index is 11.9. The number of aryl methyl sites for hydroxylation is 1. The molecule has 2 rings (SSSR count). The first-order chi connectivity index (χ1) is 9.99. The number of rotatable bonds is 7. The van der Waals surface area contributed by atoms with Crippen LogP contribution >= 0.6 is 11.3 Å². The Hall–Kier alpha value is -1.54. The van der Waals surface area contributed by atoms with Crippen molar-refractivity contribution in [2.75, 3.05) is 18.5 Å². The minimum Gasteiger partial charge on any atom is -0.478 e. The lowest BCUT2D eigenvalue weighted by Crippen LogP contribution is -2.16. The maximum Gasteiger partial charge on any atom is 0.339 e. The molecule has 1 heterocycles. The topological polar surface area (TPSA) is 75.6 Å². The van der Waals surface area contributed by atoms with E-state index in [0.717, 1.165) is 23.3 Å². The lowest BCUT2D eigenvalue weighted by molar-refractivity contribution is -0.117. The van der Waals surface area contributed by atoms with Gasteiger partial charge in [-0.25, -0.2) is 13.6 Å². The highest BCUT2D eigenvalue weighted by atomic mass is 32.1. The number of ether oxygens (including phenoxy) is 1. The zero-order chi connectivity index (χ0) is 15.4. The van der Waals surface area contributed by atoms with Gasteiger partial charge in [0.25, 0.3) is 6.43 Å². The molecule has 1 aliphatic carbocycles. The summed E-state index contributed by atoms with van der Waals surface area (Å²) < 4.78 is 28.3. The molecule has 0 radical (unpaired) electrons. The van der Waals surface area contributed by atoms with Gasteiger partial charge in [0, 0.05) is 4.88 Å². The Bertz CT molecular complexity index is 545. The van der Waals surface area contributed by atoms with Crippen LogP contribution in [0.2, 0.25) is 0 Å². The number of carbonyl (C=O) groups is 2. The van der Waals surface area contributed by atoms with Crippen molar-refractivity contribution in [2.45, 2.75) is 32.1 Å². The van der Waals surface area contributed by atoms with E-state index in [1.807, 2.05) is 0 Å². The van der Waals surface area contributed by atoms with Crippen LogP contribution in [-0.4, -0.2) is 36.6 Å². The first-order valence-electron chi connectivity index (χ1n) is 6.52. The monoisotopic (exact) mass is 319 g/mol. The normalized spacial score (nSPS) is 13.5. The van der Waals surface area contributed by atoms with Gasteiger partial charge in [-0.15, -0.1) is 11.3 Å². The smallest absolute Gasteiger partial charge is 0.339 e. The van der Waals surface area contributed by atoms with E-state index in [4.69, 9.17) is 0 Å². The fourth-order valence-corrected chi connectivity index (χ4v) is 3.54. The number of anilines is 1. The Labute approximate surface area is 123 Å². The molecule has 21 heavy (non-hydrogen) atoms. The Balaban J connectivity index is 1.94. The van der Waals surface area contributed by atoms with E-state index in [2.05, 4.69) is 10.1 Å². The van der Waals surface area contributed by atoms with Gasteiger partial charge in [0.1, 0.15) is 11.6 Å². The number of carboxylic acid groups (broad SMARTS) is 1. The van der Waals surface area contributed by atoms with E-state index in [0.29, 0.717) is 11.4 Å². The fourth-order valence-electron chi connectivity index (χ4n) is 2.24. The van der Waals surface area contributed by atoms with E-state index in [1.165, 1.54) is 11.3 Å². The molecular formula is C13H15F2NO4S. The third kappa shape index (κ3) is 3.98. The number of hydrogen-bond donors (Lipinski definition) is 2. The number of nitrogens with one attached hydrogen (secondary N) is 1. The Morgan fingerprint density at radius 2 is 2.14 bits per heavy atom. The first-order valence-corrected chi connectivity index (χ1v) is 7.34. The molecule has 0 atom stereocenters. The Kier molecular flexibility index (Phi) is 5.24. The molecule has 1 aromatic rings. The molecule has 2 N–H and O–H groups in total. The van der Waals surface area contributed by atoms with E-state index < -0.39 is 24.9 Å². The summed E-state index contributed by atoms with van der Waals surface area (Å²) in [6.07, 6.45) is -0.188. The minimum absolute atomic E-state index is 0.0889. The molecule has 0 aliphatic heterocycles. The van der Waals surface area contributed by atoms with Crippen molar-refractivity contribution in [1.29, 1.82) is 0 Å². The van der Waals surface area contributed by atoms with Gasteiger partial charge in [-0.3, -0.25) is 4.79 Å². The molecule has 0 bridgehead atoms. The van der Waals surface area contributed by atoms with E-state index >= 15 is 0 Å². The highest BCUT2D eigenvalue weighted by molar-refractivity contribution is 7.17. The molecule has 5 nitrogen and oxygen atoms in total. The molecule has 0 saturated heterocycles. The van der Waals surface area contributed by atoms with E-state index in [9.17, 15) is 23.5 Å². The van der Waals surface area contributed by atoms with Crippen LogP contribution in [0.4, 0.5) is 13.8 Å². The van der Waals surface area contributed by atoms with Crippen LogP contribution in [0.15, 0.2) is 0 Å². The standard InChI is InChI=1S/C13H15F2NO4S/c14-9(15)6-20-5-4-10(17)16-12-11(13(18)19)7-2-1-3-8(7)21-12/h9H,1-6H2,(H,16,17)(H,18,19). The molecule has 116 valence electrons. The van der Waals surface area contributed by atoms with E-state index in [-0.39, 0.29) is 18.6 Å². The number of carboxylic acids is 1. The van der Waals surface area contributed by atoms with Gasteiger partial charge in [-0.05, 0) is 24.8 Å². The third-order valence-corrected chi connectivity index (χ3v) is 4.31. The lowest BCUT2D eigenvalue weighted by atomic mass is 10.1. The average Bonchev–Trinajstić information content (AvgIpc) is 2.93. The van der Waals surface area contributed by atoms with Gasteiger partial charge in [0.15, 0.2) is 0 Å². The van der Waals surface area contributed by atoms with Gasteiger partial charge in [-0.1, -0.05) is 0 Å². The molecular weight excluding hydrogens is 304 g/mol. The maximum atomic E-state index is 11.9. The van der Waals surface area contributed by atoms with Crippen molar-refractivity contribution >= 4 is 28.2 Å². The lowest BCUT2D eigenvalue weighted by Gasteiger charge is -2.06. The number of amides is 1.